The van der Waals surface area contributed by atoms with Gasteiger partial charge >= 0.3 is 6.01 Å². The van der Waals surface area contributed by atoms with Crippen LogP contribution in [0.4, 0.5) is 11.9 Å². The van der Waals surface area contributed by atoms with Gasteiger partial charge in [-0.1, -0.05) is 0 Å². The Morgan fingerprint density at radius 1 is 1.11 bits per heavy atom. The predicted octanol–water partition coefficient (Wildman–Crippen LogP) is 2.33. The first kappa shape index (κ1) is 15.5. The second-order valence-corrected chi connectivity index (χ2v) is 4.82. The third-order valence-corrected chi connectivity index (χ3v) is 2.50. The molecule has 0 saturated heterocycles. The van der Waals surface area contributed by atoms with E-state index >= 15 is 0 Å². The van der Waals surface area contributed by atoms with E-state index in [4.69, 9.17) is 4.74 Å². The van der Waals surface area contributed by atoms with Crippen molar-refractivity contribution in [2.24, 2.45) is 0 Å². The molecular formula is C13H25N5O. The summed E-state index contributed by atoms with van der Waals surface area (Å²) >= 11 is 0. The van der Waals surface area contributed by atoms with Crippen molar-refractivity contribution in [3.63, 3.8) is 0 Å². The largest absolute Gasteiger partial charge is 0.461 e. The first-order chi connectivity index (χ1) is 8.97. The monoisotopic (exact) mass is 267 g/mol. The van der Waals surface area contributed by atoms with Gasteiger partial charge in [0.1, 0.15) is 0 Å². The van der Waals surface area contributed by atoms with Crippen LogP contribution in [0, 0.1) is 0 Å². The standard InChI is InChI=1S/C13H25N5O/c1-7-14-11-15-12(18(8-2)9(3)4)17-13(16-11)19-10(5)6/h9-10H,7-8H2,1-6H3,(H,14,15,16,17). The normalized spacial score (nSPS) is 10.9. The highest BCUT2D eigenvalue weighted by atomic mass is 16.5. The van der Waals surface area contributed by atoms with Gasteiger partial charge in [-0.3, -0.25) is 0 Å². The van der Waals surface area contributed by atoms with Crippen molar-refractivity contribution in [3.8, 4) is 6.01 Å². The van der Waals surface area contributed by atoms with Gasteiger partial charge in [-0.05, 0) is 41.5 Å². The summed E-state index contributed by atoms with van der Waals surface area (Å²) in [6, 6.07) is 0.698. The summed E-state index contributed by atoms with van der Waals surface area (Å²) in [7, 11) is 0. The summed E-state index contributed by atoms with van der Waals surface area (Å²) in [6.07, 6.45) is 0.0406. The third-order valence-electron chi connectivity index (χ3n) is 2.50. The van der Waals surface area contributed by atoms with Gasteiger partial charge in [0.2, 0.25) is 11.9 Å². The summed E-state index contributed by atoms with van der Waals surface area (Å²) in [5.41, 5.74) is 0. The maximum absolute atomic E-state index is 5.59. The lowest BCUT2D eigenvalue weighted by Crippen LogP contribution is -2.32. The van der Waals surface area contributed by atoms with Gasteiger partial charge in [0, 0.05) is 19.1 Å². The van der Waals surface area contributed by atoms with Crippen molar-refractivity contribution in [2.75, 3.05) is 23.3 Å². The first-order valence-electron chi connectivity index (χ1n) is 6.91. The summed E-state index contributed by atoms with van der Waals surface area (Å²) in [6.45, 7) is 13.8. The van der Waals surface area contributed by atoms with Gasteiger partial charge in [0.05, 0.1) is 6.10 Å². The molecule has 1 rings (SSSR count). The fraction of sp³-hybridized carbons (Fsp3) is 0.769. The van der Waals surface area contributed by atoms with Crippen LogP contribution in [0.3, 0.4) is 0 Å². The van der Waals surface area contributed by atoms with Crippen molar-refractivity contribution in [1.82, 2.24) is 15.0 Å². The average molecular weight is 267 g/mol. The molecular weight excluding hydrogens is 242 g/mol. The zero-order chi connectivity index (χ0) is 14.4. The van der Waals surface area contributed by atoms with Gasteiger partial charge in [0.25, 0.3) is 0 Å². The van der Waals surface area contributed by atoms with Crippen LogP contribution in [0.15, 0.2) is 0 Å². The van der Waals surface area contributed by atoms with Gasteiger partial charge in [-0.15, -0.1) is 0 Å². The highest BCUT2D eigenvalue weighted by Crippen LogP contribution is 2.17. The Kier molecular flexibility index (Phi) is 5.79. The minimum absolute atomic E-state index is 0.0406. The van der Waals surface area contributed by atoms with Crippen molar-refractivity contribution in [2.45, 2.75) is 53.7 Å². The number of anilines is 2. The highest BCUT2D eigenvalue weighted by molar-refractivity contribution is 5.39. The Morgan fingerprint density at radius 2 is 1.79 bits per heavy atom. The zero-order valence-electron chi connectivity index (χ0n) is 12.8. The van der Waals surface area contributed by atoms with Crippen LogP contribution in [0.5, 0.6) is 6.01 Å². The van der Waals surface area contributed by atoms with E-state index < -0.39 is 0 Å². The zero-order valence-corrected chi connectivity index (χ0v) is 12.8. The number of nitrogens with zero attached hydrogens (tertiary/aromatic N) is 4. The van der Waals surface area contributed by atoms with Crippen LogP contribution < -0.4 is 15.0 Å². The van der Waals surface area contributed by atoms with Gasteiger partial charge in [-0.25, -0.2) is 0 Å². The van der Waals surface area contributed by atoms with E-state index in [0.717, 1.165) is 13.1 Å². The number of hydrogen-bond donors (Lipinski definition) is 1. The van der Waals surface area contributed by atoms with Crippen LogP contribution >= 0.6 is 0 Å². The summed E-state index contributed by atoms with van der Waals surface area (Å²) in [5, 5.41) is 3.11. The number of aromatic nitrogens is 3. The van der Waals surface area contributed by atoms with Crippen molar-refractivity contribution < 1.29 is 4.74 Å². The van der Waals surface area contributed by atoms with Crippen LogP contribution in [-0.2, 0) is 0 Å². The van der Waals surface area contributed by atoms with Crippen LogP contribution in [0.1, 0.15) is 41.5 Å². The van der Waals surface area contributed by atoms with E-state index in [9.17, 15) is 0 Å². The fourth-order valence-electron chi connectivity index (χ4n) is 1.71. The second-order valence-electron chi connectivity index (χ2n) is 4.82. The third kappa shape index (κ3) is 4.54. The van der Waals surface area contributed by atoms with Crippen molar-refractivity contribution >= 4 is 11.9 Å². The molecule has 19 heavy (non-hydrogen) atoms. The van der Waals surface area contributed by atoms with Crippen LogP contribution in [0.2, 0.25) is 0 Å². The summed E-state index contributed by atoms with van der Waals surface area (Å²) in [5.74, 6) is 1.21. The number of hydrogen-bond acceptors (Lipinski definition) is 6. The molecule has 1 N–H and O–H groups in total. The molecule has 1 aromatic rings. The molecule has 0 aliphatic carbocycles. The van der Waals surface area contributed by atoms with Crippen LogP contribution in [0.25, 0.3) is 0 Å². The molecule has 6 heteroatoms. The molecule has 0 saturated carbocycles. The molecule has 0 radical (unpaired) electrons. The lowest BCUT2D eigenvalue weighted by Gasteiger charge is -2.25. The quantitative estimate of drug-likeness (QED) is 0.818. The number of ether oxygens (including phenoxy) is 1. The van der Waals surface area contributed by atoms with Gasteiger partial charge in [-0.2, -0.15) is 15.0 Å². The smallest absolute Gasteiger partial charge is 0.323 e. The lowest BCUT2D eigenvalue weighted by atomic mass is 10.3. The average Bonchev–Trinajstić information content (AvgIpc) is 2.28. The minimum Gasteiger partial charge on any atom is -0.461 e. The lowest BCUT2D eigenvalue weighted by molar-refractivity contribution is 0.222. The maximum Gasteiger partial charge on any atom is 0.323 e. The molecule has 0 spiro atoms. The maximum atomic E-state index is 5.59. The molecule has 108 valence electrons. The molecule has 0 amide bonds. The van der Waals surface area contributed by atoms with E-state index in [1.807, 2.05) is 20.8 Å². The van der Waals surface area contributed by atoms with Gasteiger partial charge in [0.15, 0.2) is 0 Å². The molecule has 0 bridgehead atoms. The molecule has 0 aliphatic heterocycles. The van der Waals surface area contributed by atoms with E-state index in [0.29, 0.717) is 23.9 Å². The van der Waals surface area contributed by atoms with E-state index in [1.165, 1.54) is 0 Å². The molecule has 0 unspecified atom stereocenters. The molecule has 1 heterocycles. The topological polar surface area (TPSA) is 63.2 Å². The molecule has 0 atom stereocenters. The fourth-order valence-corrected chi connectivity index (χ4v) is 1.71. The van der Waals surface area contributed by atoms with E-state index in [-0.39, 0.29) is 6.10 Å². The molecule has 0 aromatic carbocycles. The Labute approximate surface area is 115 Å². The van der Waals surface area contributed by atoms with Crippen molar-refractivity contribution in [3.05, 3.63) is 0 Å². The van der Waals surface area contributed by atoms with E-state index in [1.54, 1.807) is 0 Å². The Morgan fingerprint density at radius 3 is 2.26 bits per heavy atom. The number of nitrogens with one attached hydrogen (secondary N) is 1. The first-order valence-corrected chi connectivity index (χ1v) is 6.91. The summed E-state index contributed by atoms with van der Waals surface area (Å²) in [4.78, 5) is 15.2. The molecule has 6 nitrogen and oxygen atoms in total. The molecule has 1 aromatic heterocycles. The molecule has 0 fully saturated rings. The van der Waals surface area contributed by atoms with E-state index in [2.05, 4.69) is 45.9 Å². The van der Waals surface area contributed by atoms with Crippen LogP contribution in [-0.4, -0.2) is 40.2 Å². The predicted molar refractivity (Wildman–Crippen MR) is 77.9 cm³/mol. The minimum atomic E-state index is 0.0406. The number of rotatable bonds is 7. The Hall–Kier alpha value is -1.59. The molecule has 0 aliphatic rings. The highest BCUT2D eigenvalue weighted by Gasteiger charge is 2.15. The SMILES string of the molecule is CCNc1nc(OC(C)C)nc(N(CC)C(C)C)n1. The Bertz CT molecular complexity index is 395. The van der Waals surface area contributed by atoms with Gasteiger partial charge < -0.3 is 15.0 Å². The summed E-state index contributed by atoms with van der Waals surface area (Å²) < 4.78 is 5.59. The second kappa shape index (κ2) is 7.11. The Balaban J connectivity index is 3.10. The van der Waals surface area contributed by atoms with Crippen molar-refractivity contribution in [1.29, 1.82) is 0 Å².